The quantitative estimate of drug-likeness (QED) is 0.613. The Balaban J connectivity index is 1.90. The Morgan fingerprint density at radius 3 is 2.62 bits per heavy atom. The van der Waals surface area contributed by atoms with Gasteiger partial charge in [0.15, 0.2) is 9.84 Å². The lowest BCUT2D eigenvalue weighted by atomic mass is 10.0. The van der Waals surface area contributed by atoms with Crippen LogP contribution in [0.15, 0.2) is 41.3 Å². The SMILES string of the molecule is CC(Nc1ccc(S(C)(=O)=O)cc1[N+](=O)[O-])c1ccc2c(c1)CC(=O)N2. The maximum Gasteiger partial charge on any atom is 0.293 e. The Morgan fingerprint density at radius 2 is 1.96 bits per heavy atom. The van der Waals surface area contributed by atoms with E-state index < -0.39 is 14.8 Å². The number of benzene rings is 2. The van der Waals surface area contributed by atoms with Gasteiger partial charge in [0.1, 0.15) is 5.69 Å². The summed E-state index contributed by atoms with van der Waals surface area (Å²) in [5.41, 5.74) is 2.43. The average Bonchev–Trinajstić information content (AvgIpc) is 2.92. The highest BCUT2D eigenvalue weighted by Crippen LogP contribution is 2.32. The summed E-state index contributed by atoms with van der Waals surface area (Å²) in [6.45, 7) is 1.83. The monoisotopic (exact) mass is 375 g/mol. The number of nitro benzene ring substituents is 1. The summed E-state index contributed by atoms with van der Waals surface area (Å²) in [6, 6.07) is 9.01. The van der Waals surface area contributed by atoms with Crippen LogP contribution in [0.4, 0.5) is 17.1 Å². The lowest BCUT2D eigenvalue weighted by Gasteiger charge is -2.17. The molecule has 0 radical (unpaired) electrons. The molecule has 0 saturated heterocycles. The number of fused-ring (bicyclic) bond motifs is 1. The number of nitrogens with zero attached hydrogens (tertiary/aromatic N) is 1. The highest BCUT2D eigenvalue weighted by atomic mass is 32.2. The number of nitro groups is 1. The first-order chi connectivity index (χ1) is 12.1. The van der Waals surface area contributed by atoms with Crippen molar-refractivity contribution in [1.82, 2.24) is 0 Å². The summed E-state index contributed by atoms with van der Waals surface area (Å²) >= 11 is 0. The molecular weight excluding hydrogens is 358 g/mol. The molecule has 1 aliphatic rings. The first-order valence-electron chi connectivity index (χ1n) is 7.83. The zero-order valence-electron chi connectivity index (χ0n) is 14.1. The Bertz CT molecular complexity index is 1020. The lowest BCUT2D eigenvalue weighted by molar-refractivity contribution is -0.384. The Hall–Kier alpha value is -2.94. The third-order valence-corrected chi connectivity index (χ3v) is 5.33. The van der Waals surface area contributed by atoms with Crippen LogP contribution in [0.25, 0.3) is 0 Å². The molecule has 2 N–H and O–H groups in total. The van der Waals surface area contributed by atoms with Crippen LogP contribution >= 0.6 is 0 Å². The third kappa shape index (κ3) is 3.52. The molecule has 1 atom stereocenters. The zero-order valence-corrected chi connectivity index (χ0v) is 15.0. The minimum Gasteiger partial charge on any atom is -0.373 e. The molecular formula is C17H17N3O5S. The third-order valence-electron chi connectivity index (χ3n) is 4.22. The molecule has 136 valence electrons. The van der Waals surface area contributed by atoms with Crippen molar-refractivity contribution in [3.05, 3.63) is 57.6 Å². The van der Waals surface area contributed by atoms with Gasteiger partial charge in [0, 0.05) is 24.1 Å². The van der Waals surface area contributed by atoms with Gasteiger partial charge in [0.2, 0.25) is 5.91 Å². The van der Waals surface area contributed by atoms with E-state index >= 15 is 0 Å². The van der Waals surface area contributed by atoms with Gasteiger partial charge in [-0.25, -0.2) is 8.42 Å². The summed E-state index contributed by atoms with van der Waals surface area (Å²) in [4.78, 5) is 22.1. The Labute approximate surface area is 150 Å². The van der Waals surface area contributed by atoms with E-state index in [1.807, 2.05) is 19.1 Å². The van der Waals surface area contributed by atoms with Crippen LogP contribution < -0.4 is 10.6 Å². The number of nitrogens with one attached hydrogen (secondary N) is 2. The van der Waals surface area contributed by atoms with Crippen molar-refractivity contribution in [2.24, 2.45) is 0 Å². The van der Waals surface area contributed by atoms with E-state index in [1.54, 1.807) is 6.07 Å². The molecule has 1 amide bonds. The van der Waals surface area contributed by atoms with Crippen LogP contribution in [0.1, 0.15) is 24.1 Å². The van der Waals surface area contributed by atoms with E-state index in [1.165, 1.54) is 12.1 Å². The molecule has 0 saturated carbocycles. The van der Waals surface area contributed by atoms with Crippen molar-refractivity contribution < 1.29 is 18.1 Å². The summed E-state index contributed by atoms with van der Waals surface area (Å²) < 4.78 is 23.2. The van der Waals surface area contributed by atoms with Crippen molar-refractivity contribution in [2.75, 3.05) is 16.9 Å². The van der Waals surface area contributed by atoms with E-state index in [-0.39, 0.29) is 28.2 Å². The van der Waals surface area contributed by atoms with Crippen LogP contribution in [-0.4, -0.2) is 25.5 Å². The van der Waals surface area contributed by atoms with Crippen molar-refractivity contribution in [1.29, 1.82) is 0 Å². The number of hydrogen-bond donors (Lipinski definition) is 2. The molecule has 0 aromatic heterocycles. The largest absolute Gasteiger partial charge is 0.373 e. The predicted octanol–water partition coefficient (Wildman–Crippen LogP) is 2.67. The van der Waals surface area contributed by atoms with Gasteiger partial charge in [0.05, 0.1) is 16.2 Å². The summed E-state index contributed by atoms with van der Waals surface area (Å²) in [5.74, 6) is -0.0650. The lowest BCUT2D eigenvalue weighted by Crippen LogP contribution is -2.09. The molecule has 1 aliphatic heterocycles. The average molecular weight is 375 g/mol. The van der Waals surface area contributed by atoms with Crippen LogP contribution in [0, 0.1) is 10.1 Å². The van der Waals surface area contributed by atoms with E-state index in [0.29, 0.717) is 6.42 Å². The normalized spacial score (nSPS) is 14.5. The number of amides is 1. The molecule has 0 bridgehead atoms. The second kappa shape index (κ2) is 6.41. The minimum atomic E-state index is -3.54. The fourth-order valence-electron chi connectivity index (χ4n) is 2.85. The van der Waals surface area contributed by atoms with Gasteiger partial charge in [-0.2, -0.15) is 0 Å². The smallest absolute Gasteiger partial charge is 0.293 e. The number of carbonyl (C=O) groups is 1. The number of sulfone groups is 1. The number of hydrogen-bond acceptors (Lipinski definition) is 6. The summed E-state index contributed by atoms with van der Waals surface area (Å²) in [7, 11) is -3.54. The van der Waals surface area contributed by atoms with Gasteiger partial charge in [-0.15, -0.1) is 0 Å². The molecule has 1 unspecified atom stereocenters. The molecule has 0 aliphatic carbocycles. The second-order valence-electron chi connectivity index (χ2n) is 6.22. The van der Waals surface area contributed by atoms with Gasteiger partial charge < -0.3 is 10.6 Å². The zero-order chi connectivity index (χ0) is 19.1. The van der Waals surface area contributed by atoms with Gasteiger partial charge in [-0.3, -0.25) is 14.9 Å². The standard InChI is InChI=1S/C17H17N3O5S/c1-10(11-3-5-14-12(7-11)8-17(21)19-14)18-15-6-4-13(26(2,24)25)9-16(15)20(22)23/h3-7,9-10,18H,8H2,1-2H3,(H,19,21). The van der Waals surface area contributed by atoms with Gasteiger partial charge in [-0.1, -0.05) is 12.1 Å². The highest BCUT2D eigenvalue weighted by molar-refractivity contribution is 7.90. The van der Waals surface area contributed by atoms with Crippen LogP contribution in [-0.2, 0) is 21.1 Å². The molecule has 8 nitrogen and oxygen atoms in total. The fraction of sp³-hybridized carbons (Fsp3) is 0.235. The molecule has 26 heavy (non-hydrogen) atoms. The molecule has 1 heterocycles. The predicted molar refractivity (Wildman–Crippen MR) is 97.0 cm³/mol. The van der Waals surface area contributed by atoms with Gasteiger partial charge in [0.25, 0.3) is 5.69 Å². The molecule has 9 heteroatoms. The number of carbonyl (C=O) groups excluding carboxylic acids is 1. The summed E-state index contributed by atoms with van der Waals surface area (Å²) in [6.07, 6.45) is 1.31. The van der Waals surface area contributed by atoms with Gasteiger partial charge in [-0.05, 0) is 36.2 Å². The van der Waals surface area contributed by atoms with Crippen molar-refractivity contribution >= 4 is 32.8 Å². The van der Waals surface area contributed by atoms with Crippen LogP contribution in [0.5, 0.6) is 0 Å². The van der Waals surface area contributed by atoms with Crippen LogP contribution in [0.3, 0.4) is 0 Å². The van der Waals surface area contributed by atoms with E-state index in [4.69, 9.17) is 0 Å². The maximum absolute atomic E-state index is 11.6. The molecule has 0 fully saturated rings. The minimum absolute atomic E-state index is 0.0650. The summed E-state index contributed by atoms with van der Waals surface area (Å²) in [5, 5.41) is 17.1. The Kier molecular flexibility index (Phi) is 4.41. The number of anilines is 2. The maximum atomic E-state index is 11.6. The van der Waals surface area contributed by atoms with Crippen molar-refractivity contribution in [3.8, 4) is 0 Å². The Morgan fingerprint density at radius 1 is 1.23 bits per heavy atom. The first kappa shape index (κ1) is 17.9. The molecule has 3 rings (SSSR count). The topological polar surface area (TPSA) is 118 Å². The van der Waals surface area contributed by atoms with E-state index in [2.05, 4.69) is 10.6 Å². The molecule has 2 aromatic carbocycles. The van der Waals surface area contributed by atoms with Crippen LogP contribution in [0.2, 0.25) is 0 Å². The highest BCUT2D eigenvalue weighted by Gasteiger charge is 2.22. The van der Waals surface area contributed by atoms with Crippen molar-refractivity contribution in [3.63, 3.8) is 0 Å². The van der Waals surface area contributed by atoms with E-state index in [9.17, 15) is 23.3 Å². The molecule has 2 aromatic rings. The molecule has 0 spiro atoms. The second-order valence-corrected chi connectivity index (χ2v) is 8.23. The fourth-order valence-corrected chi connectivity index (χ4v) is 3.49. The van der Waals surface area contributed by atoms with Gasteiger partial charge >= 0.3 is 0 Å². The first-order valence-corrected chi connectivity index (χ1v) is 9.72. The van der Waals surface area contributed by atoms with Crippen molar-refractivity contribution in [2.45, 2.75) is 24.3 Å². The van der Waals surface area contributed by atoms with E-state index in [0.717, 1.165) is 29.1 Å². The number of rotatable bonds is 5.